The maximum atomic E-state index is 13.8. The van der Waals surface area contributed by atoms with Crippen LogP contribution in [0.2, 0.25) is 0 Å². The molecule has 1 aromatic carbocycles. The highest BCUT2D eigenvalue weighted by Gasteiger charge is 2.44. The van der Waals surface area contributed by atoms with E-state index >= 15 is 0 Å². The summed E-state index contributed by atoms with van der Waals surface area (Å²) in [5.41, 5.74) is 4.23. The highest BCUT2D eigenvalue weighted by molar-refractivity contribution is 7.13. The molecule has 2 heterocycles. The summed E-state index contributed by atoms with van der Waals surface area (Å²) in [7, 11) is 0. The lowest BCUT2D eigenvalue weighted by molar-refractivity contribution is -0.144. The molecule has 2 aromatic rings. The molecule has 3 amide bonds. The van der Waals surface area contributed by atoms with Crippen LogP contribution >= 0.6 is 11.3 Å². The lowest BCUT2D eigenvalue weighted by atomic mass is 9.85. The second kappa shape index (κ2) is 16.3. The first-order valence-electron chi connectivity index (χ1n) is 15.6. The summed E-state index contributed by atoms with van der Waals surface area (Å²) in [6.07, 6.45) is 6.42. The normalized spacial score (nSPS) is 18.3. The molecule has 1 fully saturated rings. The molecule has 9 nitrogen and oxygen atoms in total. The van der Waals surface area contributed by atoms with Gasteiger partial charge in [-0.05, 0) is 43.2 Å². The van der Waals surface area contributed by atoms with E-state index < -0.39 is 23.6 Å². The number of nitrogens with zero attached hydrogens (tertiary/aromatic N) is 2. The molecular formula is C33H50N4O5S. The van der Waals surface area contributed by atoms with E-state index in [9.17, 15) is 19.5 Å². The van der Waals surface area contributed by atoms with E-state index in [0.717, 1.165) is 66.6 Å². The van der Waals surface area contributed by atoms with Crippen molar-refractivity contribution in [2.45, 2.75) is 117 Å². The molecule has 0 saturated carbocycles. The number of nitrogens with one attached hydrogen (secondary N) is 2. The minimum atomic E-state index is -0.823. The number of aliphatic hydroxyl groups excluding tert-OH is 2. The molecule has 1 saturated heterocycles. The van der Waals surface area contributed by atoms with Gasteiger partial charge in [-0.1, -0.05) is 77.1 Å². The number of aromatic nitrogens is 1. The van der Waals surface area contributed by atoms with Crippen molar-refractivity contribution in [1.29, 1.82) is 0 Å². The second-order valence-corrected chi connectivity index (χ2v) is 13.7. The molecule has 10 heteroatoms. The fourth-order valence-corrected chi connectivity index (χ4v) is 6.34. The predicted molar refractivity (Wildman–Crippen MR) is 170 cm³/mol. The van der Waals surface area contributed by atoms with Crippen LogP contribution in [0.3, 0.4) is 0 Å². The van der Waals surface area contributed by atoms with Gasteiger partial charge in [-0.15, -0.1) is 11.3 Å². The zero-order valence-electron chi connectivity index (χ0n) is 26.4. The molecule has 0 unspecified atom stereocenters. The lowest BCUT2D eigenvalue weighted by Gasteiger charge is -2.35. The Morgan fingerprint density at radius 1 is 1.02 bits per heavy atom. The molecule has 4 atom stereocenters. The third-order valence-corrected chi connectivity index (χ3v) is 9.10. The van der Waals surface area contributed by atoms with Crippen molar-refractivity contribution in [2.75, 3.05) is 13.2 Å². The Kier molecular flexibility index (Phi) is 13.1. The molecule has 1 aromatic heterocycles. The van der Waals surface area contributed by atoms with Gasteiger partial charge in [0.15, 0.2) is 0 Å². The Morgan fingerprint density at radius 2 is 1.65 bits per heavy atom. The molecule has 43 heavy (non-hydrogen) atoms. The SMILES string of the molecule is Cc1ncsc1-c1ccc([C@H](C)NC(=O)[C@@H]2C[C@@H](O)CN2C(=O)[C@@H](NC(=O)CCCCCCCCCO)C(C)(C)C)cc1. The number of rotatable bonds is 15. The Labute approximate surface area is 260 Å². The average Bonchev–Trinajstić information content (AvgIpc) is 3.57. The first kappa shape index (κ1) is 34.7. The van der Waals surface area contributed by atoms with Crippen molar-refractivity contribution in [1.82, 2.24) is 20.5 Å². The highest BCUT2D eigenvalue weighted by atomic mass is 32.1. The number of amides is 3. The highest BCUT2D eigenvalue weighted by Crippen LogP contribution is 2.29. The van der Waals surface area contributed by atoms with Gasteiger partial charge in [0.2, 0.25) is 17.7 Å². The number of thiazole rings is 1. The van der Waals surface area contributed by atoms with Gasteiger partial charge in [0.1, 0.15) is 12.1 Å². The maximum absolute atomic E-state index is 13.8. The summed E-state index contributed by atoms with van der Waals surface area (Å²) in [6.45, 7) is 9.84. The number of hydrogen-bond acceptors (Lipinski definition) is 7. The molecule has 238 valence electrons. The van der Waals surface area contributed by atoms with Gasteiger partial charge in [0, 0.05) is 26.0 Å². The topological polar surface area (TPSA) is 132 Å². The van der Waals surface area contributed by atoms with Gasteiger partial charge >= 0.3 is 0 Å². The van der Waals surface area contributed by atoms with E-state index in [0.29, 0.717) is 6.42 Å². The van der Waals surface area contributed by atoms with Crippen LogP contribution in [0.1, 0.15) is 103 Å². The Morgan fingerprint density at radius 3 is 2.23 bits per heavy atom. The number of likely N-dealkylation sites (tertiary alicyclic amines) is 1. The number of β-amino-alcohol motifs (C(OH)–C–C–N with tert-alkyl or cyclic N) is 1. The van der Waals surface area contributed by atoms with Crippen LogP contribution in [0.5, 0.6) is 0 Å². The van der Waals surface area contributed by atoms with Gasteiger partial charge in [-0.3, -0.25) is 14.4 Å². The fourth-order valence-electron chi connectivity index (χ4n) is 5.53. The summed E-state index contributed by atoms with van der Waals surface area (Å²) in [5, 5.41) is 25.3. The number of aliphatic hydroxyl groups is 2. The number of unbranched alkanes of at least 4 members (excludes halogenated alkanes) is 6. The van der Waals surface area contributed by atoms with Crippen LogP contribution in [0.15, 0.2) is 29.8 Å². The number of aryl methyl sites for hydroxylation is 1. The number of hydrogen-bond donors (Lipinski definition) is 4. The van der Waals surface area contributed by atoms with Crippen LogP contribution in [0.4, 0.5) is 0 Å². The second-order valence-electron chi connectivity index (χ2n) is 12.8. The van der Waals surface area contributed by atoms with Crippen molar-refractivity contribution in [2.24, 2.45) is 5.41 Å². The summed E-state index contributed by atoms with van der Waals surface area (Å²) < 4.78 is 0. The van der Waals surface area contributed by atoms with Crippen LogP contribution < -0.4 is 10.6 Å². The van der Waals surface area contributed by atoms with Crippen LogP contribution in [-0.2, 0) is 14.4 Å². The van der Waals surface area contributed by atoms with Crippen molar-refractivity contribution >= 4 is 29.1 Å². The number of benzene rings is 1. The zero-order valence-corrected chi connectivity index (χ0v) is 27.2. The molecule has 0 radical (unpaired) electrons. The standard InChI is InChI=1S/C33H50N4O5S/c1-22(24-14-16-25(17-15-24)29-23(2)34-21-43-29)35-31(41)27-19-26(39)20-37(27)32(42)30(33(3,4)5)36-28(40)13-11-9-7-6-8-10-12-18-38/h14-17,21-22,26-27,30,38-39H,6-13,18-20H2,1-5H3,(H,35,41)(H,36,40)/t22-,26+,27-,30+/m0/s1. The van der Waals surface area contributed by atoms with E-state index in [4.69, 9.17) is 5.11 Å². The van der Waals surface area contributed by atoms with Gasteiger partial charge in [-0.2, -0.15) is 0 Å². The summed E-state index contributed by atoms with van der Waals surface area (Å²) in [4.78, 5) is 47.0. The number of carbonyl (C=O) groups excluding carboxylic acids is 3. The Balaban J connectivity index is 1.58. The van der Waals surface area contributed by atoms with Crippen molar-refractivity contribution in [3.63, 3.8) is 0 Å². The first-order valence-corrected chi connectivity index (χ1v) is 16.5. The largest absolute Gasteiger partial charge is 0.396 e. The lowest BCUT2D eigenvalue weighted by Crippen LogP contribution is -2.57. The smallest absolute Gasteiger partial charge is 0.246 e. The van der Waals surface area contributed by atoms with Gasteiger partial charge in [-0.25, -0.2) is 4.98 Å². The Bertz CT molecular complexity index is 1190. The zero-order chi connectivity index (χ0) is 31.6. The minimum absolute atomic E-state index is 0.0485. The maximum Gasteiger partial charge on any atom is 0.246 e. The van der Waals surface area contributed by atoms with E-state index in [-0.39, 0.29) is 43.3 Å². The fraction of sp³-hybridized carbons (Fsp3) is 0.636. The first-order chi connectivity index (χ1) is 20.4. The summed E-state index contributed by atoms with van der Waals surface area (Å²) in [6, 6.07) is 6.05. The van der Waals surface area contributed by atoms with Gasteiger partial charge < -0.3 is 25.7 Å². The monoisotopic (exact) mass is 614 g/mol. The van der Waals surface area contributed by atoms with Crippen LogP contribution in [0.25, 0.3) is 10.4 Å². The van der Waals surface area contributed by atoms with Crippen molar-refractivity contribution in [3.05, 3.63) is 41.0 Å². The molecule has 0 spiro atoms. The minimum Gasteiger partial charge on any atom is -0.396 e. The third-order valence-electron chi connectivity index (χ3n) is 8.12. The molecule has 0 aliphatic carbocycles. The molecular weight excluding hydrogens is 564 g/mol. The van der Waals surface area contributed by atoms with Crippen molar-refractivity contribution < 1.29 is 24.6 Å². The molecule has 4 N–H and O–H groups in total. The number of carbonyl (C=O) groups is 3. The van der Waals surface area contributed by atoms with E-state index in [2.05, 4.69) is 15.6 Å². The van der Waals surface area contributed by atoms with E-state index in [1.165, 1.54) is 4.90 Å². The van der Waals surface area contributed by atoms with Gasteiger partial charge in [0.25, 0.3) is 0 Å². The summed E-state index contributed by atoms with van der Waals surface area (Å²) in [5.74, 6) is -0.851. The van der Waals surface area contributed by atoms with E-state index in [1.54, 1.807) is 11.3 Å². The summed E-state index contributed by atoms with van der Waals surface area (Å²) >= 11 is 1.59. The average molecular weight is 615 g/mol. The molecule has 1 aliphatic heterocycles. The van der Waals surface area contributed by atoms with Crippen molar-refractivity contribution in [3.8, 4) is 10.4 Å². The molecule has 3 rings (SSSR count). The quantitative estimate of drug-likeness (QED) is 0.211. The van der Waals surface area contributed by atoms with Gasteiger partial charge in [0.05, 0.1) is 28.2 Å². The van der Waals surface area contributed by atoms with Crippen LogP contribution in [0, 0.1) is 12.3 Å². The third kappa shape index (κ3) is 10.1. The van der Waals surface area contributed by atoms with Crippen LogP contribution in [-0.4, -0.2) is 69.2 Å². The molecule has 1 aliphatic rings. The molecule has 0 bridgehead atoms. The Hall–Kier alpha value is -2.82. The van der Waals surface area contributed by atoms with E-state index in [1.807, 2.05) is 64.4 Å². The predicted octanol–water partition coefficient (Wildman–Crippen LogP) is 4.90.